The molecule has 22 heavy (non-hydrogen) atoms. The van der Waals surface area contributed by atoms with Gasteiger partial charge in [-0.1, -0.05) is 25.4 Å². The summed E-state index contributed by atoms with van der Waals surface area (Å²) >= 11 is 0. The van der Waals surface area contributed by atoms with Crippen LogP contribution in [0.5, 0.6) is 0 Å². The van der Waals surface area contributed by atoms with Crippen LogP contribution in [0.4, 0.5) is 0 Å². The predicted octanol–water partition coefficient (Wildman–Crippen LogP) is 4.37. The van der Waals surface area contributed by atoms with Crippen molar-refractivity contribution in [2.24, 2.45) is 7.05 Å². The molecule has 0 N–H and O–H groups in total. The first-order chi connectivity index (χ1) is 11.9. The summed E-state index contributed by atoms with van der Waals surface area (Å²) in [6.07, 6.45) is 1.79. The molecule has 0 fully saturated rings. The fraction of sp³-hybridized carbons (Fsp3) is 0.368. The second-order valence-electron chi connectivity index (χ2n) is 5.92. The highest BCUT2D eigenvalue weighted by Crippen LogP contribution is 2.28. The lowest BCUT2D eigenvalue weighted by Crippen LogP contribution is -2.30. The van der Waals surface area contributed by atoms with Crippen LogP contribution < -0.4 is 4.57 Å². The number of pyridine rings is 1. The molecular formula is C19H23N2O+. The quantitative estimate of drug-likeness (QED) is 0.658. The van der Waals surface area contributed by atoms with E-state index in [0.29, 0.717) is 11.1 Å². The van der Waals surface area contributed by atoms with Crippen molar-refractivity contribution in [2.45, 2.75) is 40.4 Å². The summed E-state index contributed by atoms with van der Waals surface area (Å²) in [6, 6.07) is 6.16. The van der Waals surface area contributed by atoms with Crippen molar-refractivity contribution >= 4 is 11.1 Å². The molecule has 3 nitrogen and oxygen atoms in total. The summed E-state index contributed by atoms with van der Waals surface area (Å²) in [5, 5.41) is 0. The molecule has 0 saturated heterocycles. The smallest absolute Gasteiger partial charge is 0.218 e. The van der Waals surface area contributed by atoms with Gasteiger partial charge in [0.05, 0.1) is 0 Å². The van der Waals surface area contributed by atoms with Crippen molar-refractivity contribution in [1.82, 2.24) is 4.98 Å². The lowest BCUT2D eigenvalue weighted by atomic mass is 9.97. The monoisotopic (exact) mass is 299 g/mol. The van der Waals surface area contributed by atoms with E-state index >= 15 is 0 Å². The van der Waals surface area contributed by atoms with Gasteiger partial charge in [-0.3, -0.25) is 0 Å². The molecule has 0 saturated carbocycles. The summed E-state index contributed by atoms with van der Waals surface area (Å²) in [4.78, 5) is 4.33. The van der Waals surface area contributed by atoms with Gasteiger partial charge in [0, 0.05) is 23.0 Å². The van der Waals surface area contributed by atoms with Gasteiger partial charge in [-0.15, -0.1) is 0 Å². The van der Waals surface area contributed by atoms with E-state index in [9.17, 15) is 0 Å². The topological polar surface area (TPSA) is 29.9 Å². The van der Waals surface area contributed by atoms with Crippen LogP contribution in [0, 0.1) is 20.8 Å². The molecule has 0 radical (unpaired) electrons. The van der Waals surface area contributed by atoms with Gasteiger partial charge in [-0.05, 0) is 38.0 Å². The average molecular weight is 299 g/mol. The average Bonchev–Trinajstić information content (AvgIpc) is 2.92. The molecule has 0 aliphatic rings. The van der Waals surface area contributed by atoms with Gasteiger partial charge in [-0.25, -0.2) is 4.98 Å². The SMILES string of the molecule is [2H]C([2H])([2H])C([2H])(C)c1nc2cc(-c3cc(C)cc(C)c3C)[n+](C)cc2o1. The van der Waals surface area contributed by atoms with Crippen LogP contribution in [0.3, 0.4) is 0 Å². The molecule has 1 unspecified atom stereocenters. The van der Waals surface area contributed by atoms with E-state index in [2.05, 4.69) is 37.9 Å². The zero-order valence-electron chi connectivity index (χ0n) is 17.6. The molecule has 3 rings (SSSR count). The Morgan fingerprint density at radius 3 is 2.77 bits per heavy atom. The van der Waals surface area contributed by atoms with Gasteiger partial charge in [0.2, 0.25) is 17.5 Å². The first kappa shape index (κ1) is 10.5. The zero-order chi connectivity index (χ0) is 19.4. The molecule has 0 spiro atoms. The van der Waals surface area contributed by atoms with Gasteiger partial charge in [-0.2, -0.15) is 4.57 Å². The van der Waals surface area contributed by atoms with Gasteiger partial charge in [0.1, 0.15) is 12.6 Å². The van der Waals surface area contributed by atoms with Crippen molar-refractivity contribution in [1.29, 1.82) is 0 Å². The van der Waals surface area contributed by atoms with Crippen LogP contribution in [0.1, 0.15) is 47.7 Å². The second-order valence-corrected chi connectivity index (χ2v) is 5.92. The van der Waals surface area contributed by atoms with Crippen LogP contribution >= 0.6 is 0 Å². The van der Waals surface area contributed by atoms with Crippen LogP contribution in [-0.2, 0) is 7.05 Å². The highest BCUT2D eigenvalue weighted by molar-refractivity contribution is 5.76. The highest BCUT2D eigenvalue weighted by atomic mass is 16.3. The van der Waals surface area contributed by atoms with Gasteiger partial charge in [0.15, 0.2) is 5.89 Å². The standard InChI is InChI=1S/C19H23N2O/c1-11(2)19-20-16-9-17(21(6)10-18(16)22-19)15-8-12(3)7-13(4)14(15)5/h7-11H,1-6H3/q+1/i1D3,11D. The number of fused-ring (bicyclic) bond motifs is 1. The van der Waals surface area contributed by atoms with E-state index < -0.39 is 12.7 Å². The largest absolute Gasteiger partial charge is 0.434 e. The van der Waals surface area contributed by atoms with Crippen LogP contribution in [0.25, 0.3) is 22.4 Å². The number of nitrogens with zero attached hydrogens (tertiary/aromatic N) is 2. The Bertz CT molecular complexity index is 1000. The third kappa shape index (κ3) is 2.41. The Morgan fingerprint density at radius 1 is 1.27 bits per heavy atom. The van der Waals surface area contributed by atoms with Gasteiger partial charge in [0.25, 0.3) is 0 Å². The van der Waals surface area contributed by atoms with Crippen molar-refractivity contribution in [3.05, 3.63) is 47.0 Å². The van der Waals surface area contributed by atoms with E-state index in [-0.39, 0.29) is 5.89 Å². The van der Waals surface area contributed by atoms with Crippen molar-refractivity contribution in [3.63, 3.8) is 0 Å². The molecule has 0 aliphatic heterocycles. The normalized spacial score (nSPS) is 17.5. The molecule has 3 heteroatoms. The summed E-state index contributed by atoms with van der Waals surface area (Å²) in [6.45, 7) is 5.01. The molecule has 0 amide bonds. The summed E-state index contributed by atoms with van der Waals surface area (Å²) in [5.74, 6) is -2.00. The van der Waals surface area contributed by atoms with E-state index in [1.54, 1.807) is 6.20 Å². The molecule has 114 valence electrons. The van der Waals surface area contributed by atoms with Crippen molar-refractivity contribution in [2.75, 3.05) is 0 Å². The highest BCUT2D eigenvalue weighted by Gasteiger charge is 2.19. The lowest BCUT2D eigenvalue weighted by molar-refractivity contribution is -0.659. The molecule has 1 aromatic carbocycles. The Hall–Kier alpha value is -2.16. The maximum atomic E-state index is 8.19. The Labute approximate surface area is 137 Å². The number of rotatable bonds is 2. The third-order valence-electron chi connectivity index (χ3n) is 4.05. The summed E-state index contributed by atoms with van der Waals surface area (Å²) < 4.78 is 38.5. The Morgan fingerprint density at radius 2 is 2.05 bits per heavy atom. The Balaban J connectivity index is 2.21. The second kappa shape index (κ2) is 5.24. The van der Waals surface area contributed by atoms with Crippen molar-refractivity contribution < 1.29 is 14.5 Å². The maximum absolute atomic E-state index is 8.19. The minimum atomic E-state index is -2.52. The van der Waals surface area contributed by atoms with Gasteiger partial charge < -0.3 is 4.42 Å². The summed E-state index contributed by atoms with van der Waals surface area (Å²) in [5.41, 5.74) is 6.64. The molecule has 0 aliphatic carbocycles. The molecule has 1 atom stereocenters. The van der Waals surface area contributed by atoms with Crippen molar-refractivity contribution in [3.8, 4) is 11.3 Å². The van der Waals surface area contributed by atoms with Gasteiger partial charge >= 0.3 is 0 Å². The molecule has 3 aromatic rings. The lowest BCUT2D eigenvalue weighted by Gasteiger charge is -2.08. The van der Waals surface area contributed by atoms with Crippen LogP contribution in [0.2, 0.25) is 0 Å². The molecule has 0 bridgehead atoms. The van der Waals surface area contributed by atoms with E-state index in [4.69, 9.17) is 9.90 Å². The zero-order valence-corrected chi connectivity index (χ0v) is 13.6. The van der Waals surface area contributed by atoms with E-state index in [1.807, 2.05) is 17.7 Å². The van der Waals surface area contributed by atoms with E-state index in [0.717, 1.165) is 11.3 Å². The number of aryl methyl sites for hydroxylation is 3. The van der Waals surface area contributed by atoms with Crippen LogP contribution in [-0.4, -0.2) is 4.98 Å². The van der Waals surface area contributed by atoms with Crippen LogP contribution in [0.15, 0.2) is 28.8 Å². The number of benzene rings is 1. The fourth-order valence-electron chi connectivity index (χ4n) is 2.75. The summed E-state index contributed by atoms with van der Waals surface area (Å²) in [7, 11) is 1.91. The number of oxazole rings is 1. The van der Waals surface area contributed by atoms with E-state index in [1.165, 1.54) is 23.6 Å². The molecular weight excluding hydrogens is 272 g/mol. The number of hydrogen-bond acceptors (Lipinski definition) is 2. The number of hydrogen-bond donors (Lipinski definition) is 0. The molecule has 2 heterocycles. The fourth-order valence-corrected chi connectivity index (χ4v) is 2.75. The number of aromatic nitrogens is 2. The third-order valence-corrected chi connectivity index (χ3v) is 4.05. The Kier molecular flexibility index (Phi) is 2.51. The minimum absolute atomic E-state index is 0.0956. The first-order valence-corrected chi connectivity index (χ1v) is 7.31. The first-order valence-electron chi connectivity index (χ1n) is 9.31. The predicted molar refractivity (Wildman–Crippen MR) is 88.9 cm³/mol. The minimum Gasteiger partial charge on any atom is -0.434 e. The maximum Gasteiger partial charge on any atom is 0.218 e. The molecule has 2 aromatic heterocycles.